The van der Waals surface area contributed by atoms with Crippen molar-refractivity contribution in [3.63, 3.8) is 0 Å². The molecule has 78 valence electrons. The Kier molecular flexibility index (Phi) is 4.37. The van der Waals surface area contributed by atoms with E-state index in [9.17, 15) is 4.79 Å². The van der Waals surface area contributed by atoms with Crippen LogP contribution in [-0.4, -0.2) is 20.5 Å². The summed E-state index contributed by atoms with van der Waals surface area (Å²) in [6.45, 7) is 0. The summed E-state index contributed by atoms with van der Waals surface area (Å²) in [5.41, 5.74) is 0.331. The molecule has 1 heterocycles. The third-order valence-corrected chi connectivity index (χ3v) is 1.74. The van der Waals surface area contributed by atoms with Crippen LogP contribution in [0.2, 0.25) is 0 Å². The van der Waals surface area contributed by atoms with E-state index in [-0.39, 0.29) is 5.75 Å². The highest BCUT2D eigenvalue weighted by Crippen LogP contribution is 2.11. The van der Waals surface area contributed by atoms with E-state index in [4.69, 9.17) is 16.9 Å². The van der Waals surface area contributed by atoms with Crippen molar-refractivity contribution in [1.29, 1.82) is 0 Å². The number of hydrogen-bond donors (Lipinski definition) is 1. The summed E-state index contributed by atoms with van der Waals surface area (Å²) < 4.78 is 1.36. The highest BCUT2D eigenvalue weighted by Gasteiger charge is 1.93. The second kappa shape index (κ2) is 5.82. The molecule has 0 aliphatic heterocycles. The van der Waals surface area contributed by atoms with E-state index in [0.717, 1.165) is 0 Å². The van der Waals surface area contributed by atoms with E-state index in [1.807, 2.05) is 0 Å². The Morgan fingerprint density at radius 1 is 1.40 bits per heavy atom. The third kappa shape index (κ3) is 3.83. The SMILES string of the molecule is Cln1ccnc1.O=Cc1ccccc1O. The molecule has 0 radical (unpaired) electrons. The lowest BCUT2D eigenvalue weighted by Gasteiger charge is -1.91. The van der Waals surface area contributed by atoms with Gasteiger partial charge in [-0.05, 0) is 12.1 Å². The number of phenols is 1. The van der Waals surface area contributed by atoms with Gasteiger partial charge in [0.05, 0.1) is 5.56 Å². The minimum Gasteiger partial charge on any atom is -0.507 e. The fourth-order valence-electron chi connectivity index (χ4n) is 0.830. The standard InChI is InChI=1S/C7H6O2.C3H3ClN2/c8-5-6-3-1-2-4-7(6)9;4-6-2-1-5-3-6/h1-5,9H;1-3H. The summed E-state index contributed by atoms with van der Waals surface area (Å²) in [5, 5.41) is 8.88. The Labute approximate surface area is 91.9 Å². The van der Waals surface area contributed by atoms with Gasteiger partial charge in [-0.25, -0.2) is 9.07 Å². The Morgan fingerprint density at radius 3 is 2.47 bits per heavy atom. The number of carbonyl (C=O) groups is 1. The quantitative estimate of drug-likeness (QED) is 0.755. The molecule has 0 fully saturated rings. The Bertz CT molecular complexity index is 415. The van der Waals surface area contributed by atoms with Crippen molar-refractivity contribution in [1.82, 2.24) is 9.07 Å². The molecule has 1 aromatic heterocycles. The fourth-order valence-corrected chi connectivity index (χ4v) is 0.931. The van der Waals surface area contributed by atoms with Crippen LogP contribution in [0.25, 0.3) is 0 Å². The van der Waals surface area contributed by atoms with Crippen molar-refractivity contribution in [3.8, 4) is 5.75 Å². The Hall–Kier alpha value is -1.81. The number of para-hydroxylation sites is 1. The highest BCUT2D eigenvalue weighted by atomic mass is 35.5. The van der Waals surface area contributed by atoms with Gasteiger partial charge >= 0.3 is 0 Å². The fraction of sp³-hybridized carbons (Fsp3) is 0. The van der Waals surface area contributed by atoms with Crippen molar-refractivity contribution in [2.24, 2.45) is 0 Å². The van der Waals surface area contributed by atoms with Gasteiger partial charge in [0.15, 0.2) is 6.29 Å². The van der Waals surface area contributed by atoms with Crippen LogP contribution in [0.5, 0.6) is 5.75 Å². The summed E-state index contributed by atoms with van der Waals surface area (Å²) in [4.78, 5) is 13.7. The molecule has 0 saturated carbocycles. The lowest BCUT2D eigenvalue weighted by Crippen LogP contribution is -1.77. The molecule has 4 nitrogen and oxygen atoms in total. The van der Waals surface area contributed by atoms with Crippen LogP contribution in [0.1, 0.15) is 10.4 Å². The van der Waals surface area contributed by atoms with Gasteiger partial charge in [-0.1, -0.05) is 12.1 Å². The second-order valence-electron chi connectivity index (χ2n) is 2.58. The average molecular weight is 225 g/mol. The summed E-state index contributed by atoms with van der Waals surface area (Å²) in [7, 11) is 0. The van der Waals surface area contributed by atoms with E-state index < -0.39 is 0 Å². The number of benzene rings is 1. The van der Waals surface area contributed by atoms with Crippen LogP contribution in [-0.2, 0) is 0 Å². The van der Waals surface area contributed by atoms with E-state index in [1.165, 1.54) is 16.5 Å². The molecule has 0 spiro atoms. The van der Waals surface area contributed by atoms with E-state index in [1.54, 1.807) is 30.6 Å². The maximum absolute atomic E-state index is 10.1. The van der Waals surface area contributed by atoms with Crippen molar-refractivity contribution >= 4 is 18.1 Å². The molecule has 0 aliphatic carbocycles. The summed E-state index contributed by atoms with van der Waals surface area (Å²) in [6.07, 6.45) is 5.41. The number of aromatic nitrogens is 2. The van der Waals surface area contributed by atoms with Crippen LogP contribution in [0.4, 0.5) is 0 Å². The van der Waals surface area contributed by atoms with E-state index in [2.05, 4.69) is 4.98 Å². The van der Waals surface area contributed by atoms with Gasteiger partial charge in [0.25, 0.3) is 0 Å². The molecular weight excluding hydrogens is 216 g/mol. The number of nitrogens with zero attached hydrogens (tertiary/aromatic N) is 2. The largest absolute Gasteiger partial charge is 0.507 e. The monoisotopic (exact) mass is 224 g/mol. The summed E-state index contributed by atoms with van der Waals surface area (Å²) in [5.74, 6) is 0.0347. The van der Waals surface area contributed by atoms with Crippen LogP contribution >= 0.6 is 11.8 Å². The number of imidazole rings is 1. The minimum atomic E-state index is 0.0347. The minimum absolute atomic E-state index is 0.0347. The number of aromatic hydroxyl groups is 1. The van der Waals surface area contributed by atoms with Gasteiger partial charge in [-0.15, -0.1) is 0 Å². The first kappa shape index (κ1) is 11.3. The molecule has 2 aromatic rings. The molecule has 0 saturated heterocycles. The van der Waals surface area contributed by atoms with Crippen molar-refractivity contribution in [2.45, 2.75) is 0 Å². The van der Waals surface area contributed by atoms with Crippen LogP contribution in [0, 0.1) is 0 Å². The zero-order valence-corrected chi connectivity index (χ0v) is 8.50. The number of hydrogen-bond acceptors (Lipinski definition) is 3. The van der Waals surface area contributed by atoms with Crippen molar-refractivity contribution in [2.75, 3.05) is 0 Å². The molecule has 1 aromatic carbocycles. The predicted octanol–water partition coefficient (Wildman–Crippen LogP) is 2.09. The van der Waals surface area contributed by atoms with E-state index in [0.29, 0.717) is 11.8 Å². The van der Waals surface area contributed by atoms with Gasteiger partial charge in [0.1, 0.15) is 12.1 Å². The van der Waals surface area contributed by atoms with Gasteiger partial charge in [-0.2, -0.15) is 0 Å². The van der Waals surface area contributed by atoms with Crippen LogP contribution in [0.3, 0.4) is 0 Å². The zero-order chi connectivity index (χ0) is 11.1. The first-order valence-corrected chi connectivity index (χ1v) is 4.45. The Balaban J connectivity index is 0.000000162. The number of rotatable bonds is 1. The zero-order valence-electron chi connectivity index (χ0n) is 7.75. The molecule has 0 atom stereocenters. The normalized spacial score (nSPS) is 8.87. The predicted molar refractivity (Wildman–Crippen MR) is 57.0 cm³/mol. The van der Waals surface area contributed by atoms with Gasteiger partial charge in [0, 0.05) is 24.2 Å². The topological polar surface area (TPSA) is 55.1 Å². The van der Waals surface area contributed by atoms with Crippen molar-refractivity contribution < 1.29 is 9.90 Å². The number of carbonyl (C=O) groups excluding carboxylic acids is 1. The molecule has 0 unspecified atom stereocenters. The molecule has 5 heteroatoms. The molecule has 1 N–H and O–H groups in total. The molecule has 0 aliphatic rings. The van der Waals surface area contributed by atoms with Gasteiger partial charge in [-0.3, -0.25) is 4.79 Å². The first-order chi connectivity index (χ1) is 7.24. The first-order valence-electron chi connectivity index (χ1n) is 4.11. The lowest BCUT2D eigenvalue weighted by atomic mass is 10.2. The average Bonchev–Trinajstić information content (AvgIpc) is 2.71. The third-order valence-electron chi connectivity index (χ3n) is 1.54. The number of aldehydes is 1. The maximum atomic E-state index is 10.1. The lowest BCUT2D eigenvalue weighted by molar-refractivity contribution is 0.112. The molecular formula is C10H9ClN2O2. The second-order valence-corrected chi connectivity index (χ2v) is 2.97. The molecule has 0 bridgehead atoms. The Morgan fingerprint density at radius 2 is 2.13 bits per heavy atom. The molecule has 2 rings (SSSR count). The number of phenolic OH excluding ortho intramolecular Hbond substituents is 1. The smallest absolute Gasteiger partial charge is 0.153 e. The van der Waals surface area contributed by atoms with Gasteiger partial charge in [0.2, 0.25) is 0 Å². The van der Waals surface area contributed by atoms with Crippen LogP contribution in [0.15, 0.2) is 43.0 Å². The van der Waals surface area contributed by atoms with Crippen LogP contribution < -0.4 is 0 Å². The molecule has 0 amide bonds. The van der Waals surface area contributed by atoms with Gasteiger partial charge < -0.3 is 5.11 Å². The highest BCUT2D eigenvalue weighted by molar-refractivity contribution is 6.15. The maximum Gasteiger partial charge on any atom is 0.153 e. The molecule has 15 heavy (non-hydrogen) atoms. The van der Waals surface area contributed by atoms with Crippen molar-refractivity contribution in [3.05, 3.63) is 48.5 Å². The number of halogens is 1. The summed E-state index contributed by atoms with van der Waals surface area (Å²) in [6, 6.07) is 6.40. The van der Waals surface area contributed by atoms with E-state index >= 15 is 0 Å². The summed E-state index contributed by atoms with van der Waals surface area (Å²) >= 11 is 5.31.